The molecule has 0 spiro atoms. The van der Waals surface area contributed by atoms with Crippen LogP contribution in [0.25, 0.3) is 0 Å². The second-order valence-electron chi connectivity index (χ2n) is 5.11. The Bertz CT molecular complexity index is 492. The standard InChI is InChI=1S/C16H24N4/c1-3-12-17-15(14-8-5-4-6-9-14)10-7-11-16-18-13-19-20(16)2/h4-6,8-9,13,15,17H,3,7,10-12H2,1-2H3. The van der Waals surface area contributed by atoms with E-state index in [2.05, 4.69) is 52.7 Å². The Balaban J connectivity index is 1.89. The molecule has 4 nitrogen and oxygen atoms in total. The third-order valence-corrected chi connectivity index (χ3v) is 3.54. The van der Waals surface area contributed by atoms with E-state index in [1.54, 1.807) is 6.33 Å². The van der Waals surface area contributed by atoms with Gasteiger partial charge in [0, 0.05) is 19.5 Å². The molecule has 0 aliphatic rings. The minimum absolute atomic E-state index is 0.435. The zero-order valence-corrected chi connectivity index (χ0v) is 12.4. The Morgan fingerprint density at radius 3 is 2.70 bits per heavy atom. The van der Waals surface area contributed by atoms with E-state index in [9.17, 15) is 0 Å². The monoisotopic (exact) mass is 272 g/mol. The summed E-state index contributed by atoms with van der Waals surface area (Å²) in [5, 5.41) is 7.75. The molecule has 1 aromatic heterocycles. The Morgan fingerprint density at radius 2 is 2.05 bits per heavy atom. The fourth-order valence-corrected chi connectivity index (χ4v) is 2.40. The molecule has 1 heterocycles. The largest absolute Gasteiger partial charge is 0.310 e. The second kappa shape index (κ2) is 7.80. The zero-order chi connectivity index (χ0) is 14.2. The lowest BCUT2D eigenvalue weighted by Gasteiger charge is -2.18. The van der Waals surface area contributed by atoms with Gasteiger partial charge in [0.15, 0.2) is 0 Å². The first-order valence-corrected chi connectivity index (χ1v) is 7.42. The maximum absolute atomic E-state index is 4.28. The normalized spacial score (nSPS) is 12.5. The first kappa shape index (κ1) is 14.7. The summed E-state index contributed by atoms with van der Waals surface area (Å²) in [4.78, 5) is 4.28. The molecule has 0 radical (unpaired) electrons. The van der Waals surface area contributed by atoms with Crippen molar-refractivity contribution >= 4 is 0 Å². The van der Waals surface area contributed by atoms with Gasteiger partial charge in [0.2, 0.25) is 0 Å². The summed E-state index contributed by atoms with van der Waals surface area (Å²) in [6, 6.07) is 11.1. The summed E-state index contributed by atoms with van der Waals surface area (Å²) in [5.74, 6) is 1.06. The third kappa shape index (κ3) is 4.17. The van der Waals surface area contributed by atoms with Gasteiger partial charge >= 0.3 is 0 Å². The van der Waals surface area contributed by atoms with Gasteiger partial charge in [-0.3, -0.25) is 4.68 Å². The number of nitrogens with zero attached hydrogens (tertiary/aromatic N) is 3. The average molecular weight is 272 g/mol. The van der Waals surface area contributed by atoms with Crippen molar-refractivity contribution in [2.45, 2.75) is 38.6 Å². The first-order chi connectivity index (χ1) is 9.81. The number of hydrogen-bond acceptors (Lipinski definition) is 3. The van der Waals surface area contributed by atoms with Gasteiger partial charge < -0.3 is 5.32 Å². The van der Waals surface area contributed by atoms with Gasteiger partial charge in [-0.1, -0.05) is 37.3 Å². The van der Waals surface area contributed by atoms with E-state index in [0.29, 0.717) is 6.04 Å². The van der Waals surface area contributed by atoms with Crippen molar-refractivity contribution in [3.63, 3.8) is 0 Å². The molecule has 0 amide bonds. The van der Waals surface area contributed by atoms with E-state index < -0.39 is 0 Å². The minimum Gasteiger partial charge on any atom is -0.310 e. The second-order valence-corrected chi connectivity index (χ2v) is 5.11. The quantitative estimate of drug-likeness (QED) is 0.803. The van der Waals surface area contributed by atoms with Crippen molar-refractivity contribution in [3.8, 4) is 0 Å². The van der Waals surface area contributed by atoms with Gasteiger partial charge in [0.25, 0.3) is 0 Å². The molecule has 1 N–H and O–H groups in total. The highest BCUT2D eigenvalue weighted by molar-refractivity contribution is 5.18. The lowest BCUT2D eigenvalue weighted by atomic mass is 10.0. The molecule has 1 unspecified atom stereocenters. The SMILES string of the molecule is CCCNC(CCCc1ncnn1C)c1ccccc1. The van der Waals surface area contributed by atoms with Gasteiger partial charge in [-0.15, -0.1) is 0 Å². The lowest BCUT2D eigenvalue weighted by molar-refractivity contribution is 0.479. The Morgan fingerprint density at radius 1 is 1.25 bits per heavy atom. The van der Waals surface area contributed by atoms with Crippen LogP contribution in [0, 0.1) is 0 Å². The molecule has 0 saturated carbocycles. The predicted molar refractivity (Wildman–Crippen MR) is 81.4 cm³/mol. The fraction of sp³-hybridized carbons (Fsp3) is 0.500. The van der Waals surface area contributed by atoms with Crippen LogP contribution in [0.15, 0.2) is 36.7 Å². The summed E-state index contributed by atoms with van der Waals surface area (Å²) in [5.41, 5.74) is 1.37. The molecule has 2 rings (SSSR count). The number of benzene rings is 1. The van der Waals surface area contributed by atoms with E-state index in [1.165, 1.54) is 5.56 Å². The van der Waals surface area contributed by atoms with E-state index >= 15 is 0 Å². The number of rotatable bonds is 8. The Hall–Kier alpha value is -1.68. The topological polar surface area (TPSA) is 42.7 Å². The number of hydrogen-bond donors (Lipinski definition) is 1. The van der Waals surface area contributed by atoms with E-state index in [4.69, 9.17) is 0 Å². The smallest absolute Gasteiger partial charge is 0.138 e. The Kier molecular flexibility index (Phi) is 5.74. The minimum atomic E-state index is 0.435. The number of nitrogens with one attached hydrogen (secondary N) is 1. The molecule has 0 saturated heterocycles. The highest BCUT2D eigenvalue weighted by atomic mass is 15.3. The predicted octanol–water partition coefficient (Wildman–Crippen LogP) is 2.88. The van der Waals surface area contributed by atoms with Crippen molar-refractivity contribution in [2.75, 3.05) is 6.54 Å². The van der Waals surface area contributed by atoms with Crippen LogP contribution in [0.1, 0.15) is 43.6 Å². The Labute approximate surface area is 121 Å². The molecule has 108 valence electrons. The number of aryl methyl sites for hydroxylation is 2. The lowest BCUT2D eigenvalue weighted by Crippen LogP contribution is -2.22. The van der Waals surface area contributed by atoms with Crippen LogP contribution in [0.2, 0.25) is 0 Å². The molecule has 20 heavy (non-hydrogen) atoms. The first-order valence-electron chi connectivity index (χ1n) is 7.42. The summed E-state index contributed by atoms with van der Waals surface area (Å²) >= 11 is 0. The van der Waals surface area contributed by atoms with Crippen LogP contribution in [-0.4, -0.2) is 21.3 Å². The molecule has 0 fully saturated rings. The number of aromatic nitrogens is 3. The molecule has 0 bridgehead atoms. The van der Waals surface area contributed by atoms with Crippen LogP contribution in [0.3, 0.4) is 0 Å². The van der Waals surface area contributed by atoms with E-state index in [1.807, 2.05) is 11.7 Å². The van der Waals surface area contributed by atoms with Gasteiger partial charge in [-0.2, -0.15) is 5.10 Å². The summed E-state index contributed by atoms with van der Waals surface area (Å²) in [6.07, 6.45) is 6.00. The fourth-order valence-electron chi connectivity index (χ4n) is 2.40. The third-order valence-electron chi connectivity index (χ3n) is 3.54. The van der Waals surface area contributed by atoms with E-state index in [-0.39, 0.29) is 0 Å². The van der Waals surface area contributed by atoms with Crippen LogP contribution in [0.4, 0.5) is 0 Å². The van der Waals surface area contributed by atoms with Crippen molar-refractivity contribution in [2.24, 2.45) is 7.05 Å². The van der Waals surface area contributed by atoms with Gasteiger partial charge in [0.05, 0.1) is 0 Å². The van der Waals surface area contributed by atoms with Crippen molar-refractivity contribution in [1.29, 1.82) is 0 Å². The highest BCUT2D eigenvalue weighted by Gasteiger charge is 2.10. The molecule has 4 heteroatoms. The average Bonchev–Trinajstić information content (AvgIpc) is 2.89. The molecule has 1 aromatic carbocycles. The molecular weight excluding hydrogens is 248 g/mol. The highest BCUT2D eigenvalue weighted by Crippen LogP contribution is 2.19. The maximum atomic E-state index is 4.28. The summed E-state index contributed by atoms with van der Waals surface area (Å²) in [7, 11) is 1.95. The molecule has 0 aliphatic carbocycles. The van der Waals surface area contributed by atoms with Crippen LogP contribution >= 0.6 is 0 Å². The van der Waals surface area contributed by atoms with Gasteiger partial charge in [-0.25, -0.2) is 4.98 Å². The van der Waals surface area contributed by atoms with Crippen LogP contribution in [0.5, 0.6) is 0 Å². The zero-order valence-electron chi connectivity index (χ0n) is 12.4. The van der Waals surface area contributed by atoms with Gasteiger partial charge in [-0.05, 0) is 31.4 Å². The van der Waals surface area contributed by atoms with Crippen molar-refractivity contribution in [1.82, 2.24) is 20.1 Å². The van der Waals surface area contributed by atoms with E-state index in [0.717, 1.165) is 38.1 Å². The summed E-state index contributed by atoms with van der Waals surface area (Å²) < 4.78 is 1.86. The van der Waals surface area contributed by atoms with Crippen LogP contribution < -0.4 is 5.32 Å². The maximum Gasteiger partial charge on any atom is 0.138 e. The van der Waals surface area contributed by atoms with Gasteiger partial charge in [0.1, 0.15) is 12.2 Å². The molecule has 1 atom stereocenters. The molecule has 0 aliphatic heterocycles. The van der Waals surface area contributed by atoms with Crippen molar-refractivity contribution in [3.05, 3.63) is 48.0 Å². The summed E-state index contributed by atoms with van der Waals surface area (Å²) in [6.45, 7) is 3.26. The van der Waals surface area contributed by atoms with Crippen molar-refractivity contribution < 1.29 is 0 Å². The molecular formula is C16H24N4. The van der Waals surface area contributed by atoms with Crippen LogP contribution in [-0.2, 0) is 13.5 Å². The molecule has 2 aromatic rings.